The highest BCUT2D eigenvalue weighted by Crippen LogP contribution is 2.22. The van der Waals surface area contributed by atoms with Crippen molar-refractivity contribution in [2.24, 2.45) is 0 Å². The van der Waals surface area contributed by atoms with Crippen LogP contribution in [-0.4, -0.2) is 16.8 Å². The van der Waals surface area contributed by atoms with Crippen molar-refractivity contribution in [3.63, 3.8) is 0 Å². The van der Waals surface area contributed by atoms with Crippen LogP contribution < -0.4 is 10.3 Å². The lowest BCUT2D eigenvalue weighted by Crippen LogP contribution is -2.20. The maximum Gasteiger partial charge on any atom is 0.254 e. The first-order chi connectivity index (χ1) is 8.52. The number of rotatable bonds is 3. The van der Waals surface area contributed by atoms with Crippen LogP contribution >= 0.6 is 15.9 Å². The number of aryl methyl sites for hydroxylation is 2. The summed E-state index contributed by atoms with van der Waals surface area (Å²) in [5.41, 5.74) is 1.59. The van der Waals surface area contributed by atoms with Gasteiger partial charge in [0, 0.05) is 17.8 Å². The Kier molecular flexibility index (Phi) is 3.56. The molecule has 0 aliphatic rings. The zero-order valence-corrected chi connectivity index (χ0v) is 11.9. The van der Waals surface area contributed by atoms with Crippen LogP contribution in [0.5, 0.6) is 5.75 Å². The lowest BCUT2D eigenvalue weighted by Gasteiger charge is -2.08. The molecule has 2 aromatic heterocycles. The zero-order chi connectivity index (χ0) is 13.3. The molecular formula is C12H13BrN2O3. The Hall–Kier alpha value is -1.56. The molecule has 5 nitrogen and oxygen atoms in total. The van der Waals surface area contributed by atoms with E-state index in [9.17, 15) is 4.79 Å². The van der Waals surface area contributed by atoms with E-state index in [4.69, 9.17) is 9.26 Å². The minimum Gasteiger partial charge on any atom is -0.495 e. The minimum absolute atomic E-state index is 0.130. The van der Waals surface area contributed by atoms with Crippen molar-refractivity contribution in [1.82, 2.24) is 9.72 Å². The molecule has 0 amide bonds. The predicted molar refractivity (Wildman–Crippen MR) is 70.0 cm³/mol. The summed E-state index contributed by atoms with van der Waals surface area (Å²) in [7, 11) is 1.53. The van der Waals surface area contributed by atoms with Crippen molar-refractivity contribution >= 4 is 15.9 Å². The Balaban J connectivity index is 2.42. The quantitative estimate of drug-likeness (QED) is 0.872. The van der Waals surface area contributed by atoms with Gasteiger partial charge < -0.3 is 13.8 Å². The molecule has 2 aromatic rings. The van der Waals surface area contributed by atoms with Crippen LogP contribution in [0.3, 0.4) is 0 Å². The number of hydrogen-bond donors (Lipinski definition) is 0. The van der Waals surface area contributed by atoms with Gasteiger partial charge in [0.2, 0.25) is 0 Å². The largest absolute Gasteiger partial charge is 0.495 e. The van der Waals surface area contributed by atoms with Crippen molar-refractivity contribution in [1.29, 1.82) is 0 Å². The number of ether oxygens (including phenoxy) is 1. The first-order valence-electron chi connectivity index (χ1n) is 5.38. The molecule has 2 rings (SSSR count). The highest BCUT2D eigenvalue weighted by molar-refractivity contribution is 9.10. The van der Waals surface area contributed by atoms with E-state index in [0.717, 1.165) is 21.5 Å². The van der Waals surface area contributed by atoms with Crippen molar-refractivity contribution in [3.8, 4) is 5.75 Å². The zero-order valence-electron chi connectivity index (χ0n) is 10.4. The topological polar surface area (TPSA) is 57.3 Å². The molecule has 0 aromatic carbocycles. The van der Waals surface area contributed by atoms with Gasteiger partial charge in [0.15, 0.2) is 0 Å². The van der Waals surface area contributed by atoms with Crippen LogP contribution in [0.4, 0.5) is 0 Å². The second kappa shape index (κ2) is 4.97. The third-order valence-corrected chi connectivity index (χ3v) is 3.37. The average molecular weight is 313 g/mol. The summed E-state index contributed by atoms with van der Waals surface area (Å²) in [4.78, 5) is 11.9. The minimum atomic E-state index is -0.130. The van der Waals surface area contributed by atoms with Crippen molar-refractivity contribution in [3.05, 3.63) is 44.1 Å². The Morgan fingerprint density at radius 2 is 2.22 bits per heavy atom. The normalized spacial score (nSPS) is 10.7. The molecule has 0 saturated carbocycles. The van der Waals surface area contributed by atoms with Gasteiger partial charge >= 0.3 is 0 Å². The summed E-state index contributed by atoms with van der Waals surface area (Å²) in [6.07, 6.45) is 1.70. The third kappa shape index (κ3) is 2.33. The van der Waals surface area contributed by atoms with Gasteiger partial charge in [-0.3, -0.25) is 4.79 Å². The second-order valence-electron chi connectivity index (χ2n) is 3.96. The maximum absolute atomic E-state index is 11.9. The van der Waals surface area contributed by atoms with Gasteiger partial charge in [-0.1, -0.05) is 5.16 Å². The SMILES string of the molecule is COc1cc(=O)n(Cc2c(C)noc2C)cc1Br. The summed E-state index contributed by atoms with van der Waals surface area (Å²) in [5.74, 6) is 1.25. The highest BCUT2D eigenvalue weighted by Gasteiger charge is 2.12. The molecule has 2 heterocycles. The van der Waals surface area contributed by atoms with Crippen molar-refractivity contribution in [2.45, 2.75) is 20.4 Å². The fraction of sp³-hybridized carbons (Fsp3) is 0.333. The number of pyridine rings is 1. The summed E-state index contributed by atoms with van der Waals surface area (Å²) >= 11 is 3.36. The molecule has 0 unspecified atom stereocenters. The smallest absolute Gasteiger partial charge is 0.254 e. The fourth-order valence-electron chi connectivity index (χ4n) is 1.71. The van der Waals surface area contributed by atoms with E-state index >= 15 is 0 Å². The van der Waals surface area contributed by atoms with E-state index < -0.39 is 0 Å². The van der Waals surface area contributed by atoms with Crippen LogP contribution in [0.15, 0.2) is 26.1 Å². The monoisotopic (exact) mass is 312 g/mol. The lowest BCUT2D eigenvalue weighted by molar-refractivity contribution is 0.392. The number of halogens is 1. The van der Waals surface area contributed by atoms with Gasteiger partial charge in [-0.25, -0.2) is 0 Å². The van der Waals surface area contributed by atoms with E-state index in [2.05, 4.69) is 21.1 Å². The average Bonchev–Trinajstić information content (AvgIpc) is 2.65. The molecule has 0 N–H and O–H groups in total. The molecule has 6 heteroatoms. The van der Waals surface area contributed by atoms with Gasteiger partial charge in [-0.15, -0.1) is 0 Å². The van der Waals surface area contributed by atoms with Crippen molar-refractivity contribution in [2.75, 3.05) is 7.11 Å². The molecule has 0 spiro atoms. The molecule has 0 aliphatic carbocycles. The first-order valence-corrected chi connectivity index (χ1v) is 6.18. The Labute approximate surface area is 112 Å². The maximum atomic E-state index is 11.9. The van der Waals surface area contributed by atoms with Crippen LogP contribution in [0.25, 0.3) is 0 Å². The number of aromatic nitrogens is 2. The molecule has 0 radical (unpaired) electrons. The second-order valence-corrected chi connectivity index (χ2v) is 4.81. The molecule has 96 valence electrons. The van der Waals surface area contributed by atoms with Gasteiger partial charge in [0.25, 0.3) is 5.56 Å². The molecule has 0 fully saturated rings. The molecule has 0 saturated heterocycles. The summed E-state index contributed by atoms with van der Waals surface area (Å²) in [6.45, 7) is 4.12. The van der Waals surface area contributed by atoms with Gasteiger partial charge in [0.05, 0.1) is 23.8 Å². The molecule has 0 aliphatic heterocycles. The summed E-state index contributed by atoms with van der Waals surface area (Å²) in [5, 5.41) is 3.87. The molecule has 0 atom stereocenters. The van der Waals surface area contributed by atoms with Gasteiger partial charge in [-0.2, -0.15) is 0 Å². The number of nitrogens with zero attached hydrogens (tertiary/aromatic N) is 2. The van der Waals surface area contributed by atoms with Crippen LogP contribution in [0, 0.1) is 13.8 Å². The van der Waals surface area contributed by atoms with E-state index in [1.165, 1.54) is 13.2 Å². The van der Waals surface area contributed by atoms with Crippen molar-refractivity contribution < 1.29 is 9.26 Å². The van der Waals surface area contributed by atoms with Gasteiger partial charge in [-0.05, 0) is 29.8 Å². The molecular weight excluding hydrogens is 300 g/mol. The molecule has 18 heavy (non-hydrogen) atoms. The Morgan fingerprint density at radius 3 is 2.78 bits per heavy atom. The number of methoxy groups -OCH3 is 1. The Morgan fingerprint density at radius 1 is 1.50 bits per heavy atom. The Bertz CT molecular complexity index is 611. The van der Waals surface area contributed by atoms with Gasteiger partial charge in [0.1, 0.15) is 11.5 Å². The lowest BCUT2D eigenvalue weighted by atomic mass is 10.2. The predicted octanol–water partition coefficient (Wildman–Crippen LogP) is 2.27. The van der Waals surface area contributed by atoms with E-state index in [-0.39, 0.29) is 5.56 Å². The van der Waals surface area contributed by atoms with E-state index in [0.29, 0.717) is 12.3 Å². The van der Waals surface area contributed by atoms with E-state index in [1.807, 2.05) is 13.8 Å². The fourth-order valence-corrected chi connectivity index (χ4v) is 2.23. The van der Waals surface area contributed by atoms with Crippen LogP contribution in [0.2, 0.25) is 0 Å². The standard InChI is InChI=1S/C12H13BrN2O3/c1-7-9(8(2)18-14-7)5-15-6-10(13)11(17-3)4-12(15)16/h4,6H,5H2,1-3H3. The van der Waals surface area contributed by atoms with Crippen LogP contribution in [-0.2, 0) is 6.54 Å². The highest BCUT2D eigenvalue weighted by atomic mass is 79.9. The van der Waals surface area contributed by atoms with E-state index in [1.54, 1.807) is 10.8 Å². The molecule has 0 bridgehead atoms. The van der Waals surface area contributed by atoms with Crippen LogP contribution in [0.1, 0.15) is 17.0 Å². The summed E-state index contributed by atoms with van der Waals surface area (Å²) in [6, 6.07) is 1.45. The summed E-state index contributed by atoms with van der Waals surface area (Å²) < 4.78 is 12.5. The third-order valence-electron chi connectivity index (χ3n) is 2.77. The number of hydrogen-bond acceptors (Lipinski definition) is 4. The first kappa shape index (κ1) is 12.9.